The minimum absolute atomic E-state index is 0.104. The summed E-state index contributed by atoms with van der Waals surface area (Å²) in [5.74, 6) is -0.109. The number of amides is 1. The van der Waals surface area contributed by atoms with E-state index in [1.165, 1.54) is 21.3 Å². The number of carbonyl (C=O) groups is 2. The molecular formula is C27H27NO7. The topological polar surface area (TPSA) is 103 Å². The molecule has 1 unspecified atom stereocenters. The number of carbonyl (C=O) groups excluding carboxylic acids is 1. The molecule has 0 saturated carbocycles. The fraction of sp³-hybridized carbons (Fsp3) is 0.259. The summed E-state index contributed by atoms with van der Waals surface area (Å²) in [5.41, 5.74) is 4.91. The van der Waals surface area contributed by atoms with Crippen LogP contribution < -0.4 is 19.5 Å². The number of benzene rings is 3. The Labute approximate surface area is 203 Å². The largest absolute Gasteiger partial charge is 0.493 e. The van der Waals surface area contributed by atoms with E-state index in [4.69, 9.17) is 18.9 Å². The van der Waals surface area contributed by atoms with Crippen LogP contribution in [0.3, 0.4) is 0 Å². The Morgan fingerprint density at radius 2 is 1.43 bits per heavy atom. The van der Waals surface area contributed by atoms with Gasteiger partial charge >= 0.3 is 12.1 Å². The van der Waals surface area contributed by atoms with Gasteiger partial charge in [-0.1, -0.05) is 48.5 Å². The van der Waals surface area contributed by atoms with Gasteiger partial charge in [0.2, 0.25) is 5.75 Å². The van der Waals surface area contributed by atoms with Crippen LogP contribution in [0.2, 0.25) is 0 Å². The lowest BCUT2D eigenvalue weighted by atomic mass is 9.98. The molecule has 1 aliphatic rings. The third kappa shape index (κ3) is 4.87. The number of aliphatic carboxylic acids is 1. The van der Waals surface area contributed by atoms with Gasteiger partial charge in [-0.3, -0.25) is 4.79 Å². The van der Waals surface area contributed by atoms with E-state index in [0.717, 1.165) is 22.3 Å². The van der Waals surface area contributed by atoms with Crippen molar-refractivity contribution in [3.05, 3.63) is 77.4 Å². The molecule has 35 heavy (non-hydrogen) atoms. The number of carboxylic acid groups (broad SMARTS) is 1. The second kappa shape index (κ2) is 10.4. The SMILES string of the molecule is COc1cc(C(CC(=O)O)NC(=O)OCC2c3ccccc3-c3ccccc32)cc(OC)c1OC. The van der Waals surface area contributed by atoms with Crippen LogP contribution in [-0.4, -0.2) is 45.1 Å². The highest BCUT2D eigenvalue weighted by molar-refractivity contribution is 5.79. The quantitative estimate of drug-likeness (QED) is 0.458. The number of rotatable bonds is 9. The van der Waals surface area contributed by atoms with E-state index in [9.17, 15) is 14.7 Å². The van der Waals surface area contributed by atoms with Crippen molar-refractivity contribution in [2.24, 2.45) is 0 Å². The molecule has 3 aromatic carbocycles. The molecule has 0 fully saturated rings. The lowest BCUT2D eigenvalue weighted by Gasteiger charge is -2.21. The van der Waals surface area contributed by atoms with E-state index in [1.54, 1.807) is 12.1 Å². The van der Waals surface area contributed by atoms with Crippen LogP contribution in [0.4, 0.5) is 4.79 Å². The summed E-state index contributed by atoms with van der Waals surface area (Å²) in [6.07, 6.45) is -1.07. The number of ether oxygens (including phenoxy) is 4. The molecule has 3 aromatic rings. The summed E-state index contributed by atoms with van der Waals surface area (Å²) in [6, 6.07) is 18.4. The Balaban J connectivity index is 1.53. The average molecular weight is 478 g/mol. The number of alkyl carbamates (subject to hydrolysis) is 1. The first-order valence-electron chi connectivity index (χ1n) is 11.1. The second-order valence-corrected chi connectivity index (χ2v) is 8.08. The van der Waals surface area contributed by atoms with Crippen molar-refractivity contribution in [1.29, 1.82) is 0 Å². The summed E-state index contributed by atoms with van der Waals surface area (Å²) in [6.45, 7) is 0.120. The summed E-state index contributed by atoms with van der Waals surface area (Å²) in [7, 11) is 4.40. The third-order valence-corrected chi connectivity index (χ3v) is 6.10. The van der Waals surface area contributed by atoms with Crippen LogP contribution in [0, 0.1) is 0 Å². The van der Waals surface area contributed by atoms with Crippen molar-refractivity contribution in [1.82, 2.24) is 5.32 Å². The molecule has 8 nitrogen and oxygen atoms in total. The Hall–Kier alpha value is -4.20. The molecule has 1 aliphatic carbocycles. The maximum Gasteiger partial charge on any atom is 0.407 e. The van der Waals surface area contributed by atoms with Crippen LogP contribution in [-0.2, 0) is 9.53 Å². The highest BCUT2D eigenvalue weighted by Crippen LogP contribution is 2.44. The fourth-order valence-electron chi connectivity index (χ4n) is 4.51. The zero-order chi connectivity index (χ0) is 24.9. The van der Waals surface area contributed by atoms with E-state index in [0.29, 0.717) is 22.8 Å². The second-order valence-electron chi connectivity index (χ2n) is 8.08. The van der Waals surface area contributed by atoms with Gasteiger partial charge in [0.25, 0.3) is 0 Å². The first kappa shape index (κ1) is 23.9. The molecule has 1 amide bonds. The van der Waals surface area contributed by atoms with Gasteiger partial charge in [-0.05, 0) is 39.9 Å². The van der Waals surface area contributed by atoms with Crippen LogP contribution in [0.5, 0.6) is 17.2 Å². The highest BCUT2D eigenvalue weighted by atomic mass is 16.5. The predicted octanol–water partition coefficient (Wildman–Crippen LogP) is 4.77. The molecule has 2 N–H and O–H groups in total. The third-order valence-electron chi connectivity index (χ3n) is 6.10. The van der Waals surface area contributed by atoms with Gasteiger partial charge in [0.05, 0.1) is 33.8 Å². The molecular weight excluding hydrogens is 450 g/mol. The Kier molecular flexibility index (Phi) is 7.10. The lowest BCUT2D eigenvalue weighted by molar-refractivity contribution is -0.137. The predicted molar refractivity (Wildman–Crippen MR) is 129 cm³/mol. The molecule has 0 radical (unpaired) electrons. The fourth-order valence-corrected chi connectivity index (χ4v) is 4.51. The average Bonchev–Trinajstić information content (AvgIpc) is 3.19. The van der Waals surface area contributed by atoms with Crippen molar-refractivity contribution < 1.29 is 33.6 Å². The molecule has 0 heterocycles. The minimum atomic E-state index is -1.08. The lowest BCUT2D eigenvalue weighted by Crippen LogP contribution is -2.31. The van der Waals surface area contributed by atoms with E-state index in [1.807, 2.05) is 36.4 Å². The number of hydrogen-bond donors (Lipinski definition) is 2. The highest BCUT2D eigenvalue weighted by Gasteiger charge is 2.30. The molecule has 4 rings (SSSR count). The van der Waals surface area contributed by atoms with Crippen molar-refractivity contribution in [2.75, 3.05) is 27.9 Å². The van der Waals surface area contributed by atoms with Crippen LogP contribution in [0.25, 0.3) is 11.1 Å². The first-order chi connectivity index (χ1) is 17.0. The number of methoxy groups -OCH3 is 3. The van der Waals surface area contributed by atoms with Gasteiger partial charge in [-0.15, -0.1) is 0 Å². The van der Waals surface area contributed by atoms with Crippen molar-refractivity contribution in [3.8, 4) is 28.4 Å². The molecule has 1 atom stereocenters. The van der Waals surface area contributed by atoms with Gasteiger partial charge in [-0.25, -0.2) is 4.79 Å². The molecule has 0 aromatic heterocycles. The zero-order valence-corrected chi connectivity index (χ0v) is 19.7. The van der Waals surface area contributed by atoms with E-state index in [-0.39, 0.29) is 18.9 Å². The summed E-state index contributed by atoms with van der Waals surface area (Å²) >= 11 is 0. The van der Waals surface area contributed by atoms with Crippen molar-refractivity contribution in [3.63, 3.8) is 0 Å². The maximum atomic E-state index is 12.8. The van der Waals surface area contributed by atoms with E-state index < -0.39 is 18.1 Å². The normalized spacial score (nSPS) is 12.8. The van der Waals surface area contributed by atoms with Crippen LogP contribution >= 0.6 is 0 Å². The van der Waals surface area contributed by atoms with Crippen molar-refractivity contribution >= 4 is 12.1 Å². The van der Waals surface area contributed by atoms with E-state index >= 15 is 0 Å². The van der Waals surface area contributed by atoms with Gasteiger partial charge in [0.1, 0.15) is 6.61 Å². The summed E-state index contributed by atoms with van der Waals surface area (Å²) in [5, 5.41) is 12.1. The number of nitrogens with one attached hydrogen (secondary N) is 1. The van der Waals surface area contributed by atoms with Gasteiger partial charge in [0, 0.05) is 5.92 Å². The molecule has 182 valence electrons. The Morgan fingerprint density at radius 3 is 1.91 bits per heavy atom. The zero-order valence-electron chi connectivity index (χ0n) is 19.7. The summed E-state index contributed by atoms with van der Waals surface area (Å²) < 4.78 is 21.7. The van der Waals surface area contributed by atoms with Crippen molar-refractivity contribution in [2.45, 2.75) is 18.4 Å². The Bertz CT molecular complexity index is 1170. The Morgan fingerprint density at radius 1 is 0.886 bits per heavy atom. The minimum Gasteiger partial charge on any atom is -0.493 e. The molecule has 0 spiro atoms. The number of hydrogen-bond acceptors (Lipinski definition) is 6. The summed E-state index contributed by atoms with van der Waals surface area (Å²) in [4.78, 5) is 24.4. The molecule has 8 heteroatoms. The van der Waals surface area contributed by atoms with Gasteiger partial charge in [-0.2, -0.15) is 0 Å². The smallest absolute Gasteiger partial charge is 0.407 e. The number of fused-ring (bicyclic) bond motifs is 3. The molecule has 0 saturated heterocycles. The van der Waals surface area contributed by atoms with Crippen LogP contribution in [0.1, 0.15) is 35.1 Å². The van der Waals surface area contributed by atoms with E-state index in [2.05, 4.69) is 17.4 Å². The maximum absolute atomic E-state index is 12.8. The molecule has 0 aliphatic heterocycles. The monoisotopic (exact) mass is 477 g/mol. The van der Waals surface area contributed by atoms with Gasteiger partial charge < -0.3 is 29.4 Å². The number of carboxylic acids is 1. The standard InChI is InChI=1S/C27H27NO7/c1-32-23-12-16(13-24(33-2)26(23)34-3)22(14-25(29)30)28-27(31)35-15-21-19-10-6-4-8-17(19)18-9-5-7-11-20(18)21/h4-13,21-22H,14-15H2,1-3H3,(H,28,31)(H,29,30). The van der Waals surface area contributed by atoms with Gasteiger partial charge in [0.15, 0.2) is 11.5 Å². The first-order valence-corrected chi connectivity index (χ1v) is 11.1. The van der Waals surface area contributed by atoms with Crippen LogP contribution in [0.15, 0.2) is 60.7 Å². The molecule has 0 bridgehead atoms.